The first-order valence-electron chi connectivity index (χ1n) is 8.87. The minimum Gasteiger partial charge on any atom is -0.462 e. The molecule has 2 aromatic heterocycles. The maximum absolute atomic E-state index is 12.7. The van der Waals surface area contributed by atoms with E-state index in [1.807, 2.05) is 48.7 Å². The van der Waals surface area contributed by atoms with E-state index in [0.717, 1.165) is 16.9 Å². The third-order valence-electron chi connectivity index (χ3n) is 3.82. The molecule has 144 valence electrons. The maximum Gasteiger partial charge on any atom is 0.342 e. The molecule has 3 rings (SSSR count). The van der Waals surface area contributed by atoms with Gasteiger partial charge in [-0.2, -0.15) is 0 Å². The van der Waals surface area contributed by atoms with Gasteiger partial charge >= 0.3 is 5.97 Å². The lowest BCUT2D eigenvalue weighted by molar-refractivity contribution is -0.111. The Morgan fingerprint density at radius 2 is 1.89 bits per heavy atom. The Morgan fingerprint density at radius 3 is 2.54 bits per heavy atom. The first-order valence-corrected chi connectivity index (χ1v) is 9.75. The van der Waals surface area contributed by atoms with Gasteiger partial charge in [0.15, 0.2) is 0 Å². The van der Waals surface area contributed by atoms with Gasteiger partial charge in [0.05, 0.1) is 6.10 Å². The number of esters is 1. The van der Waals surface area contributed by atoms with Crippen LogP contribution in [0.15, 0.2) is 58.3 Å². The minimum atomic E-state index is -0.462. The number of nitrogens with one attached hydrogen (secondary N) is 1. The Bertz CT molecular complexity index is 999. The Labute approximate surface area is 167 Å². The summed E-state index contributed by atoms with van der Waals surface area (Å²) in [6.07, 6.45) is 2.69. The Balaban J connectivity index is 1.87. The summed E-state index contributed by atoms with van der Waals surface area (Å²) in [6.45, 7) is 5.42. The number of hydrogen-bond donors (Lipinski definition) is 1. The van der Waals surface area contributed by atoms with E-state index in [4.69, 9.17) is 9.15 Å². The molecule has 28 heavy (non-hydrogen) atoms. The molecular formula is C22H21NO4S. The minimum absolute atomic E-state index is 0.262. The number of aryl methyl sites for hydroxylation is 1. The molecule has 0 aliphatic rings. The second kappa shape index (κ2) is 8.71. The highest BCUT2D eigenvalue weighted by molar-refractivity contribution is 7.15. The molecule has 0 fully saturated rings. The van der Waals surface area contributed by atoms with Crippen LogP contribution in [0.4, 0.5) is 5.00 Å². The van der Waals surface area contributed by atoms with E-state index in [-0.39, 0.29) is 12.0 Å². The summed E-state index contributed by atoms with van der Waals surface area (Å²) >= 11 is 1.29. The average Bonchev–Trinajstić information content (AvgIpc) is 3.26. The van der Waals surface area contributed by atoms with Crippen molar-refractivity contribution in [3.8, 4) is 11.1 Å². The average molecular weight is 395 g/mol. The van der Waals surface area contributed by atoms with Crippen molar-refractivity contribution in [2.24, 2.45) is 0 Å². The van der Waals surface area contributed by atoms with Crippen molar-refractivity contribution in [1.29, 1.82) is 0 Å². The van der Waals surface area contributed by atoms with Gasteiger partial charge in [-0.3, -0.25) is 4.79 Å². The van der Waals surface area contributed by atoms with Crippen molar-refractivity contribution in [2.45, 2.75) is 26.9 Å². The van der Waals surface area contributed by atoms with Crippen molar-refractivity contribution in [3.63, 3.8) is 0 Å². The van der Waals surface area contributed by atoms with Gasteiger partial charge in [-0.15, -0.1) is 11.3 Å². The van der Waals surface area contributed by atoms with Crippen LogP contribution in [0.1, 0.15) is 35.7 Å². The number of carbonyl (C=O) groups is 2. The van der Waals surface area contributed by atoms with Crippen LogP contribution in [0.3, 0.4) is 0 Å². The van der Waals surface area contributed by atoms with Crippen LogP contribution >= 0.6 is 11.3 Å². The number of furan rings is 1. The molecule has 0 spiro atoms. The number of anilines is 1. The van der Waals surface area contributed by atoms with Crippen LogP contribution in [-0.2, 0) is 9.53 Å². The van der Waals surface area contributed by atoms with Gasteiger partial charge in [0, 0.05) is 17.0 Å². The van der Waals surface area contributed by atoms with Gasteiger partial charge in [-0.25, -0.2) is 4.79 Å². The third-order valence-corrected chi connectivity index (χ3v) is 4.71. The van der Waals surface area contributed by atoms with Gasteiger partial charge < -0.3 is 14.5 Å². The highest BCUT2D eigenvalue weighted by Gasteiger charge is 2.23. The second-order valence-corrected chi connectivity index (χ2v) is 7.32. The lowest BCUT2D eigenvalue weighted by Gasteiger charge is -2.11. The van der Waals surface area contributed by atoms with Gasteiger partial charge in [0.2, 0.25) is 5.91 Å². The molecule has 0 saturated carbocycles. The summed E-state index contributed by atoms with van der Waals surface area (Å²) in [4.78, 5) is 25.0. The zero-order valence-corrected chi connectivity index (χ0v) is 16.7. The van der Waals surface area contributed by atoms with Crippen molar-refractivity contribution in [1.82, 2.24) is 0 Å². The van der Waals surface area contributed by atoms with Crippen molar-refractivity contribution in [2.75, 3.05) is 5.32 Å². The molecule has 2 heterocycles. The zero-order valence-electron chi connectivity index (χ0n) is 15.9. The van der Waals surface area contributed by atoms with E-state index in [1.165, 1.54) is 17.4 Å². The van der Waals surface area contributed by atoms with Crippen LogP contribution in [0.25, 0.3) is 17.2 Å². The normalized spacial score (nSPS) is 11.1. The molecule has 1 amide bonds. The highest BCUT2D eigenvalue weighted by Crippen LogP contribution is 2.36. The quantitative estimate of drug-likeness (QED) is 0.440. The van der Waals surface area contributed by atoms with Crippen molar-refractivity contribution < 1.29 is 18.7 Å². The van der Waals surface area contributed by atoms with E-state index in [0.29, 0.717) is 16.3 Å². The Kier molecular flexibility index (Phi) is 6.11. The summed E-state index contributed by atoms with van der Waals surface area (Å²) in [7, 11) is 0. The maximum atomic E-state index is 12.7. The predicted octanol–water partition coefficient (Wildman–Crippen LogP) is 5.53. The number of carbonyl (C=O) groups excluding carboxylic acids is 2. The molecule has 3 aromatic rings. The molecule has 5 nitrogen and oxygen atoms in total. The summed E-state index contributed by atoms with van der Waals surface area (Å²) in [5, 5.41) is 5.08. The first kappa shape index (κ1) is 19.6. The first-order chi connectivity index (χ1) is 13.4. The fourth-order valence-corrected chi connectivity index (χ4v) is 3.57. The number of thiophene rings is 1. The molecule has 0 saturated heterocycles. The van der Waals surface area contributed by atoms with Crippen LogP contribution in [-0.4, -0.2) is 18.0 Å². The molecular weight excluding hydrogens is 374 g/mol. The topological polar surface area (TPSA) is 68.5 Å². The zero-order chi connectivity index (χ0) is 20.1. The molecule has 1 N–H and O–H groups in total. The molecule has 0 radical (unpaired) electrons. The number of rotatable bonds is 6. The lowest BCUT2D eigenvalue weighted by atomic mass is 10.0. The molecule has 6 heteroatoms. The van der Waals surface area contributed by atoms with Crippen LogP contribution in [0.5, 0.6) is 0 Å². The van der Waals surface area contributed by atoms with Crippen LogP contribution < -0.4 is 5.32 Å². The third kappa shape index (κ3) is 4.78. The summed E-state index contributed by atoms with van der Waals surface area (Å²) in [5.41, 5.74) is 1.98. The van der Waals surface area contributed by atoms with Crippen molar-refractivity contribution >= 4 is 34.3 Å². The molecule has 0 unspecified atom stereocenters. The second-order valence-electron chi connectivity index (χ2n) is 6.44. The molecule has 0 atom stereocenters. The molecule has 0 aliphatic heterocycles. The highest BCUT2D eigenvalue weighted by atomic mass is 32.1. The van der Waals surface area contributed by atoms with Gasteiger partial charge in [-0.05, 0) is 44.5 Å². The molecule has 0 aliphatic carbocycles. The van der Waals surface area contributed by atoms with Crippen molar-refractivity contribution in [3.05, 3.63) is 71.0 Å². The summed E-state index contributed by atoms with van der Waals surface area (Å²) < 4.78 is 10.8. The fraction of sp³-hybridized carbons (Fsp3) is 0.182. The van der Waals surface area contributed by atoms with Gasteiger partial charge in [0.25, 0.3) is 0 Å². The van der Waals surface area contributed by atoms with E-state index in [1.54, 1.807) is 26.0 Å². The van der Waals surface area contributed by atoms with Gasteiger partial charge in [-0.1, -0.05) is 30.3 Å². The number of ether oxygens (including phenoxy) is 1. The lowest BCUT2D eigenvalue weighted by Crippen LogP contribution is -2.15. The largest absolute Gasteiger partial charge is 0.462 e. The fourth-order valence-electron chi connectivity index (χ4n) is 2.61. The standard InChI is InChI=1S/C22H21NO4S/c1-14(2)26-22(25)20-18(16-7-5-4-6-8-16)13-28-21(20)23-19(24)12-11-17-10-9-15(3)27-17/h4-14H,1-3H3,(H,23,24). The smallest absolute Gasteiger partial charge is 0.342 e. The van der Waals surface area contributed by atoms with E-state index < -0.39 is 5.97 Å². The SMILES string of the molecule is Cc1ccc(C=CC(=O)Nc2scc(-c3ccccc3)c2C(=O)OC(C)C)o1. The molecule has 1 aromatic carbocycles. The Hall–Kier alpha value is -3.12. The van der Waals surface area contributed by atoms with E-state index in [9.17, 15) is 9.59 Å². The van der Waals surface area contributed by atoms with E-state index >= 15 is 0 Å². The predicted molar refractivity (Wildman–Crippen MR) is 111 cm³/mol. The number of benzene rings is 1. The number of hydrogen-bond acceptors (Lipinski definition) is 5. The molecule has 0 bridgehead atoms. The van der Waals surface area contributed by atoms with Crippen LogP contribution in [0.2, 0.25) is 0 Å². The van der Waals surface area contributed by atoms with Gasteiger partial charge in [0.1, 0.15) is 22.1 Å². The Morgan fingerprint density at radius 1 is 1.14 bits per heavy atom. The van der Waals surface area contributed by atoms with Crippen LogP contribution in [0, 0.1) is 6.92 Å². The van der Waals surface area contributed by atoms with E-state index in [2.05, 4.69) is 5.32 Å². The number of amides is 1. The summed E-state index contributed by atoms with van der Waals surface area (Å²) in [6, 6.07) is 13.1. The monoisotopic (exact) mass is 395 g/mol. The summed E-state index contributed by atoms with van der Waals surface area (Å²) in [5.74, 6) is 0.540.